The molecule has 1 saturated heterocycles. The molecule has 2 aromatic carbocycles. The Balaban J connectivity index is 1.92. The van der Waals surface area contributed by atoms with Crippen molar-refractivity contribution in [1.82, 2.24) is 0 Å². The molecular formula is C20H19F3N2O4. The largest absolute Gasteiger partial charge is 0.465 e. The third-order valence-electron chi connectivity index (χ3n) is 4.51. The van der Waals surface area contributed by atoms with E-state index < -0.39 is 29.2 Å². The second-order valence-electron chi connectivity index (χ2n) is 6.32. The fraction of sp³-hybridized carbons (Fsp3) is 0.300. The number of methoxy groups -OCH3 is 1. The van der Waals surface area contributed by atoms with Crippen molar-refractivity contribution in [1.29, 1.82) is 0 Å². The van der Waals surface area contributed by atoms with Gasteiger partial charge in [0.1, 0.15) is 0 Å². The summed E-state index contributed by atoms with van der Waals surface area (Å²) in [6.07, 6.45) is -4.68. The Hall–Kier alpha value is -3.07. The van der Waals surface area contributed by atoms with Crippen LogP contribution in [-0.4, -0.2) is 45.3 Å². The zero-order valence-corrected chi connectivity index (χ0v) is 15.6. The second kappa shape index (κ2) is 8.52. The zero-order valence-electron chi connectivity index (χ0n) is 15.6. The van der Waals surface area contributed by atoms with Crippen molar-refractivity contribution in [3.8, 4) is 0 Å². The highest BCUT2D eigenvalue weighted by atomic mass is 19.4. The van der Waals surface area contributed by atoms with Crippen LogP contribution in [0.1, 0.15) is 26.3 Å². The molecule has 9 heteroatoms. The Morgan fingerprint density at radius 1 is 1.07 bits per heavy atom. The third kappa shape index (κ3) is 4.68. The van der Waals surface area contributed by atoms with Crippen molar-refractivity contribution >= 4 is 23.3 Å². The SMILES string of the molecule is COC(=O)c1cc(N2CCOCC2)ccc1NC(=O)c1ccccc1C(F)(F)F. The minimum atomic E-state index is -4.68. The quantitative estimate of drug-likeness (QED) is 0.784. The Labute approximate surface area is 165 Å². The number of ether oxygens (including phenoxy) is 2. The van der Waals surface area contributed by atoms with Gasteiger partial charge in [0, 0.05) is 18.8 Å². The molecule has 29 heavy (non-hydrogen) atoms. The number of rotatable bonds is 4. The molecule has 3 rings (SSSR count). The fourth-order valence-electron chi connectivity index (χ4n) is 3.06. The maximum absolute atomic E-state index is 13.2. The third-order valence-corrected chi connectivity index (χ3v) is 4.51. The van der Waals surface area contributed by atoms with Crippen LogP contribution < -0.4 is 10.2 Å². The lowest BCUT2D eigenvalue weighted by atomic mass is 10.1. The molecule has 1 aliphatic rings. The van der Waals surface area contributed by atoms with E-state index in [1.54, 1.807) is 12.1 Å². The van der Waals surface area contributed by atoms with E-state index in [4.69, 9.17) is 9.47 Å². The van der Waals surface area contributed by atoms with Gasteiger partial charge in [0.15, 0.2) is 0 Å². The van der Waals surface area contributed by atoms with Gasteiger partial charge in [0.05, 0.1) is 42.7 Å². The normalized spacial score (nSPS) is 14.4. The average Bonchev–Trinajstić information content (AvgIpc) is 2.73. The average molecular weight is 408 g/mol. The van der Waals surface area contributed by atoms with Crippen LogP contribution >= 0.6 is 0 Å². The van der Waals surface area contributed by atoms with E-state index in [1.807, 2.05) is 4.90 Å². The molecule has 0 unspecified atom stereocenters. The maximum atomic E-state index is 13.2. The van der Waals surface area contributed by atoms with E-state index in [0.29, 0.717) is 26.3 Å². The summed E-state index contributed by atoms with van der Waals surface area (Å²) < 4.78 is 49.7. The number of anilines is 2. The molecule has 154 valence electrons. The molecule has 6 nitrogen and oxygen atoms in total. The second-order valence-corrected chi connectivity index (χ2v) is 6.32. The molecule has 0 atom stereocenters. The summed E-state index contributed by atoms with van der Waals surface area (Å²) in [4.78, 5) is 26.8. The van der Waals surface area contributed by atoms with Gasteiger partial charge in [-0.1, -0.05) is 12.1 Å². The molecule has 0 saturated carbocycles. The van der Waals surface area contributed by atoms with Gasteiger partial charge in [-0.25, -0.2) is 4.79 Å². The molecule has 0 aliphatic carbocycles. The first-order chi connectivity index (χ1) is 13.8. The van der Waals surface area contributed by atoms with Gasteiger partial charge in [-0.05, 0) is 30.3 Å². The highest BCUT2D eigenvalue weighted by Gasteiger charge is 2.35. The number of alkyl halides is 3. The topological polar surface area (TPSA) is 67.9 Å². The van der Waals surface area contributed by atoms with E-state index in [1.165, 1.54) is 25.3 Å². The van der Waals surface area contributed by atoms with Crippen LogP contribution in [0.5, 0.6) is 0 Å². The number of amides is 1. The van der Waals surface area contributed by atoms with Gasteiger partial charge in [-0.2, -0.15) is 13.2 Å². The van der Waals surface area contributed by atoms with Crippen LogP contribution in [0.3, 0.4) is 0 Å². The van der Waals surface area contributed by atoms with Gasteiger partial charge < -0.3 is 19.7 Å². The van der Waals surface area contributed by atoms with Crippen molar-refractivity contribution in [2.75, 3.05) is 43.6 Å². The Kier molecular flexibility index (Phi) is 6.07. The molecular weight excluding hydrogens is 389 g/mol. The summed E-state index contributed by atoms with van der Waals surface area (Å²) in [6.45, 7) is 2.34. The van der Waals surface area contributed by atoms with Crippen LogP contribution in [0.15, 0.2) is 42.5 Å². The standard InChI is InChI=1S/C20H19F3N2O4/c1-28-19(27)15-12-13(25-8-10-29-11-9-25)6-7-17(15)24-18(26)14-4-2-3-5-16(14)20(21,22)23/h2-7,12H,8-11H2,1H3,(H,24,26). The predicted octanol–water partition coefficient (Wildman–Crippen LogP) is 3.58. The molecule has 1 N–H and O–H groups in total. The first kappa shape index (κ1) is 20.7. The Morgan fingerprint density at radius 3 is 2.41 bits per heavy atom. The number of hydrogen-bond donors (Lipinski definition) is 1. The van der Waals surface area contributed by atoms with Gasteiger partial charge >= 0.3 is 12.1 Å². The Morgan fingerprint density at radius 2 is 1.76 bits per heavy atom. The minimum Gasteiger partial charge on any atom is -0.465 e. The number of halogens is 3. The summed E-state index contributed by atoms with van der Waals surface area (Å²) in [6, 6.07) is 9.16. The highest BCUT2D eigenvalue weighted by molar-refractivity contribution is 6.09. The molecule has 0 radical (unpaired) electrons. The number of benzene rings is 2. The lowest BCUT2D eigenvalue weighted by Crippen LogP contribution is -2.36. The van der Waals surface area contributed by atoms with Crippen LogP contribution in [0.25, 0.3) is 0 Å². The first-order valence-electron chi connectivity index (χ1n) is 8.84. The Bertz CT molecular complexity index is 909. The summed E-state index contributed by atoms with van der Waals surface area (Å²) in [5, 5.41) is 2.40. The van der Waals surface area contributed by atoms with Gasteiger partial charge in [0.25, 0.3) is 5.91 Å². The van der Waals surface area contributed by atoms with Crippen molar-refractivity contribution in [2.24, 2.45) is 0 Å². The number of carbonyl (C=O) groups excluding carboxylic acids is 2. The van der Waals surface area contributed by atoms with E-state index in [2.05, 4.69) is 5.32 Å². The van der Waals surface area contributed by atoms with Gasteiger partial charge in [-0.3, -0.25) is 4.79 Å². The van der Waals surface area contributed by atoms with Crippen molar-refractivity contribution in [2.45, 2.75) is 6.18 Å². The minimum absolute atomic E-state index is 0.0503. The van der Waals surface area contributed by atoms with Gasteiger partial charge in [0.2, 0.25) is 0 Å². The van der Waals surface area contributed by atoms with Crippen molar-refractivity contribution in [3.05, 3.63) is 59.2 Å². The maximum Gasteiger partial charge on any atom is 0.417 e. The monoisotopic (exact) mass is 408 g/mol. The van der Waals surface area contributed by atoms with E-state index in [0.717, 1.165) is 17.8 Å². The molecule has 1 amide bonds. The lowest BCUT2D eigenvalue weighted by molar-refractivity contribution is -0.137. The molecule has 2 aromatic rings. The molecule has 1 aliphatic heterocycles. The van der Waals surface area contributed by atoms with E-state index >= 15 is 0 Å². The van der Waals surface area contributed by atoms with Crippen LogP contribution in [0, 0.1) is 0 Å². The smallest absolute Gasteiger partial charge is 0.417 e. The highest BCUT2D eigenvalue weighted by Crippen LogP contribution is 2.32. The zero-order chi connectivity index (χ0) is 21.0. The molecule has 0 bridgehead atoms. The lowest BCUT2D eigenvalue weighted by Gasteiger charge is -2.29. The molecule has 0 aromatic heterocycles. The molecule has 1 heterocycles. The van der Waals surface area contributed by atoms with Gasteiger partial charge in [-0.15, -0.1) is 0 Å². The predicted molar refractivity (Wildman–Crippen MR) is 100 cm³/mol. The van der Waals surface area contributed by atoms with E-state index in [-0.39, 0.29) is 11.3 Å². The number of esters is 1. The first-order valence-corrected chi connectivity index (χ1v) is 8.84. The number of hydrogen-bond acceptors (Lipinski definition) is 5. The summed E-state index contributed by atoms with van der Waals surface area (Å²) in [7, 11) is 1.19. The molecule has 0 spiro atoms. The van der Waals surface area contributed by atoms with Crippen LogP contribution in [0.4, 0.5) is 24.5 Å². The van der Waals surface area contributed by atoms with Crippen LogP contribution in [0.2, 0.25) is 0 Å². The number of nitrogens with one attached hydrogen (secondary N) is 1. The van der Waals surface area contributed by atoms with Crippen molar-refractivity contribution in [3.63, 3.8) is 0 Å². The van der Waals surface area contributed by atoms with Crippen molar-refractivity contribution < 1.29 is 32.2 Å². The number of nitrogens with zero attached hydrogens (tertiary/aromatic N) is 1. The fourth-order valence-corrected chi connectivity index (χ4v) is 3.06. The van der Waals surface area contributed by atoms with Crippen LogP contribution in [-0.2, 0) is 15.7 Å². The number of morpholine rings is 1. The summed E-state index contributed by atoms with van der Waals surface area (Å²) >= 11 is 0. The van der Waals surface area contributed by atoms with E-state index in [9.17, 15) is 22.8 Å². The number of carbonyl (C=O) groups is 2. The summed E-state index contributed by atoms with van der Waals surface area (Å²) in [5.41, 5.74) is -0.748. The summed E-state index contributed by atoms with van der Waals surface area (Å²) in [5.74, 6) is -1.68. The molecule has 1 fully saturated rings.